The predicted molar refractivity (Wildman–Crippen MR) is 55.6 cm³/mol. The monoisotopic (exact) mass is 305 g/mol. The summed E-state index contributed by atoms with van der Waals surface area (Å²) in [6, 6.07) is 0. The van der Waals surface area contributed by atoms with E-state index in [9.17, 15) is 13.2 Å². The summed E-state index contributed by atoms with van der Waals surface area (Å²) in [6.45, 7) is 1.55. The van der Waals surface area contributed by atoms with Crippen LogP contribution in [0, 0.1) is 0 Å². The molecular weight excluding hydrogens is 294 g/mol. The van der Waals surface area contributed by atoms with Crippen molar-refractivity contribution in [3.63, 3.8) is 0 Å². The Morgan fingerprint density at radius 3 is 2.23 bits per heavy atom. The molecule has 0 heterocycles. The fourth-order valence-corrected chi connectivity index (χ4v) is 1.23. The first-order valence-electron chi connectivity index (χ1n) is 3.64. The summed E-state index contributed by atoms with van der Waals surface area (Å²) in [4.78, 5) is 0. The van der Waals surface area contributed by atoms with Crippen LogP contribution >= 0.6 is 22.6 Å². The van der Waals surface area contributed by atoms with Gasteiger partial charge in [-0.2, -0.15) is 13.2 Å². The lowest BCUT2D eigenvalue weighted by molar-refractivity contribution is -0.0933. The minimum absolute atomic E-state index is 0.0217. The maximum absolute atomic E-state index is 12.2. The molecule has 0 aliphatic carbocycles. The summed E-state index contributed by atoms with van der Waals surface area (Å²) < 4.78 is 37.1. The Morgan fingerprint density at radius 2 is 1.92 bits per heavy atom. The van der Waals surface area contributed by atoms with Gasteiger partial charge in [0.1, 0.15) is 0 Å². The minimum atomic E-state index is -4.24. The maximum atomic E-state index is 12.2. The van der Waals surface area contributed by atoms with E-state index in [0.717, 1.165) is 6.08 Å². The van der Waals surface area contributed by atoms with Crippen molar-refractivity contribution >= 4 is 22.6 Å². The van der Waals surface area contributed by atoms with Crippen molar-refractivity contribution in [3.8, 4) is 0 Å². The molecule has 0 radical (unpaired) electrons. The summed E-state index contributed by atoms with van der Waals surface area (Å²) >= 11 is 1.91. The van der Waals surface area contributed by atoms with E-state index in [1.807, 2.05) is 22.6 Å². The highest BCUT2D eigenvalue weighted by Gasteiger charge is 2.32. The summed E-state index contributed by atoms with van der Waals surface area (Å²) in [5.41, 5.74) is 5.06. The molecule has 1 nitrogen and oxygen atoms in total. The Bertz CT molecular complexity index is 214. The van der Waals surface area contributed by atoms with Gasteiger partial charge in [-0.05, 0) is 19.4 Å². The second kappa shape index (κ2) is 5.51. The fourth-order valence-electron chi connectivity index (χ4n) is 0.653. The highest BCUT2D eigenvalue weighted by Crippen LogP contribution is 2.28. The third kappa shape index (κ3) is 5.95. The average molecular weight is 305 g/mol. The van der Waals surface area contributed by atoms with Gasteiger partial charge in [0, 0.05) is 15.7 Å². The smallest absolute Gasteiger partial charge is 0.402 e. The summed E-state index contributed by atoms with van der Waals surface area (Å²) in [6.07, 6.45) is -1.91. The average Bonchev–Trinajstić information content (AvgIpc) is 1.95. The Labute approximate surface area is 89.0 Å². The zero-order valence-electron chi connectivity index (χ0n) is 7.16. The Balaban J connectivity index is 4.61. The number of hydrogen-bond acceptors (Lipinski definition) is 1. The van der Waals surface area contributed by atoms with E-state index in [4.69, 9.17) is 5.73 Å². The van der Waals surface area contributed by atoms with Gasteiger partial charge in [-0.1, -0.05) is 28.7 Å². The molecule has 0 saturated heterocycles. The normalized spacial score (nSPS) is 14.8. The molecule has 0 aromatic carbocycles. The van der Waals surface area contributed by atoms with Crippen LogP contribution in [0.1, 0.15) is 13.3 Å². The van der Waals surface area contributed by atoms with Crippen LogP contribution in [0.4, 0.5) is 13.2 Å². The Kier molecular flexibility index (Phi) is 5.43. The molecule has 0 saturated carbocycles. The van der Waals surface area contributed by atoms with Gasteiger partial charge in [-0.25, -0.2) is 0 Å². The van der Waals surface area contributed by atoms with E-state index < -0.39 is 11.7 Å². The largest absolute Gasteiger partial charge is 0.412 e. The molecule has 0 atom stereocenters. The van der Waals surface area contributed by atoms with Crippen molar-refractivity contribution in [1.29, 1.82) is 0 Å². The molecule has 0 fully saturated rings. The van der Waals surface area contributed by atoms with Crippen LogP contribution in [0.15, 0.2) is 23.4 Å². The van der Waals surface area contributed by atoms with Crippen LogP contribution < -0.4 is 5.73 Å². The van der Waals surface area contributed by atoms with E-state index in [1.165, 1.54) is 6.08 Å². The quantitative estimate of drug-likeness (QED) is 0.484. The zero-order chi connectivity index (χ0) is 10.5. The van der Waals surface area contributed by atoms with Gasteiger partial charge < -0.3 is 5.73 Å². The molecule has 0 bridgehead atoms. The van der Waals surface area contributed by atoms with Crippen LogP contribution in [-0.4, -0.2) is 10.6 Å². The maximum Gasteiger partial charge on any atom is 0.412 e. The topological polar surface area (TPSA) is 26.0 Å². The van der Waals surface area contributed by atoms with Crippen LogP contribution in [0.5, 0.6) is 0 Å². The molecule has 0 amide bonds. The standard InChI is InChI=1S/C8H11F3IN/c1-6(13)2-3-7(4-5-12)8(9,10)11/h2-3H,4-5,13H2,1H3/b6-2+,7-3+. The van der Waals surface area contributed by atoms with Gasteiger partial charge in [-0.15, -0.1) is 0 Å². The summed E-state index contributed by atoms with van der Waals surface area (Å²) in [5, 5.41) is 0. The van der Waals surface area contributed by atoms with Crippen molar-refractivity contribution in [1.82, 2.24) is 0 Å². The number of alkyl halides is 4. The Morgan fingerprint density at radius 1 is 1.38 bits per heavy atom. The molecule has 0 aliphatic heterocycles. The molecule has 5 heteroatoms. The first-order valence-corrected chi connectivity index (χ1v) is 5.16. The number of hydrogen-bond donors (Lipinski definition) is 1. The first-order chi connectivity index (χ1) is 5.88. The van der Waals surface area contributed by atoms with Crippen molar-refractivity contribution in [2.45, 2.75) is 19.5 Å². The van der Waals surface area contributed by atoms with E-state index in [-0.39, 0.29) is 6.42 Å². The van der Waals surface area contributed by atoms with Gasteiger partial charge in [-0.3, -0.25) is 0 Å². The number of halogens is 4. The minimum Gasteiger partial charge on any atom is -0.402 e. The summed E-state index contributed by atoms with van der Waals surface area (Å²) in [7, 11) is 0. The second-order valence-corrected chi connectivity index (χ2v) is 3.62. The van der Waals surface area contributed by atoms with E-state index in [2.05, 4.69) is 0 Å². The van der Waals surface area contributed by atoms with Crippen LogP contribution in [0.25, 0.3) is 0 Å². The summed E-state index contributed by atoms with van der Waals surface area (Å²) in [5.74, 6) is 0. The van der Waals surface area contributed by atoms with Crippen molar-refractivity contribution < 1.29 is 13.2 Å². The van der Waals surface area contributed by atoms with Crippen LogP contribution in [0.2, 0.25) is 0 Å². The van der Waals surface area contributed by atoms with E-state index in [0.29, 0.717) is 10.1 Å². The molecule has 0 spiro atoms. The predicted octanol–water partition coefficient (Wildman–Crippen LogP) is 3.16. The first kappa shape index (κ1) is 12.8. The Hall–Kier alpha value is -0.200. The van der Waals surface area contributed by atoms with Crippen LogP contribution in [0.3, 0.4) is 0 Å². The lowest BCUT2D eigenvalue weighted by atomic mass is 10.2. The van der Waals surface area contributed by atoms with Gasteiger partial charge in [0.15, 0.2) is 0 Å². The molecule has 0 aliphatic rings. The lowest BCUT2D eigenvalue weighted by Gasteiger charge is -2.09. The third-order valence-electron chi connectivity index (χ3n) is 1.28. The molecule has 0 unspecified atom stereocenters. The van der Waals surface area contributed by atoms with E-state index >= 15 is 0 Å². The lowest BCUT2D eigenvalue weighted by Crippen LogP contribution is -2.12. The van der Waals surface area contributed by atoms with E-state index in [1.54, 1.807) is 6.92 Å². The molecule has 0 aromatic rings. The number of nitrogens with two attached hydrogens (primary N) is 1. The van der Waals surface area contributed by atoms with Gasteiger partial charge in [0.2, 0.25) is 0 Å². The highest BCUT2D eigenvalue weighted by molar-refractivity contribution is 14.1. The molecule has 76 valence electrons. The third-order valence-corrected chi connectivity index (χ3v) is 1.81. The highest BCUT2D eigenvalue weighted by atomic mass is 127. The van der Waals surface area contributed by atoms with Crippen molar-refractivity contribution in [3.05, 3.63) is 23.4 Å². The fraction of sp³-hybridized carbons (Fsp3) is 0.500. The number of rotatable bonds is 3. The molecule has 2 N–H and O–H groups in total. The van der Waals surface area contributed by atoms with Crippen molar-refractivity contribution in [2.75, 3.05) is 4.43 Å². The van der Waals surface area contributed by atoms with Crippen LogP contribution in [-0.2, 0) is 0 Å². The van der Waals surface area contributed by atoms with Gasteiger partial charge in [0.05, 0.1) is 0 Å². The van der Waals surface area contributed by atoms with Crippen molar-refractivity contribution in [2.24, 2.45) is 5.73 Å². The van der Waals surface area contributed by atoms with Gasteiger partial charge in [0.25, 0.3) is 0 Å². The molecule has 13 heavy (non-hydrogen) atoms. The molecule has 0 aromatic heterocycles. The molecular formula is C8H11F3IN. The zero-order valence-corrected chi connectivity index (χ0v) is 9.32. The van der Waals surface area contributed by atoms with Gasteiger partial charge >= 0.3 is 6.18 Å². The number of allylic oxidation sites excluding steroid dienone is 4. The SMILES string of the molecule is C/C(N)=C\C=C(/CCI)C(F)(F)F. The molecule has 0 rings (SSSR count). The second-order valence-electron chi connectivity index (χ2n) is 2.54.